The second-order valence-corrected chi connectivity index (χ2v) is 16.1. The summed E-state index contributed by atoms with van der Waals surface area (Å²) in [6.07, 6.45) is 1.45. The fourth-order valence-electron chi connectivity index (χ4n) is 8.48. The van der Waals surface area contributed by atoms with Crippen molar-refractivity contribution in [3.63, 3.8) is 0 Å². The predicted octanol–water partition coefficient (Wildman–Crippen LogP) is 10.9. The van der Waals surface area contributed by atoms with Crippen molar-refractivity contribution in [1.29, 1.82) is 0 Å². The topological polar surface area (TPSA) is 154 Å². The number of aromatic nitrogens is 5. The van der Waals surface area contributed by atoms with Gasteiger partial charge in [0.15, 0.2) is 0 Å². The van der Waals surface area contributed by atoms with Gasteiger partial charge < -0.3 is 38.7 Å². The van der Waals surface area contributed by atoms with Gasteiger partial charge in [-0.1, -0.05) is 114 Å². The van der Waals surface area contributed by atoms with Gasteiger partial charge in [-0.05, 0) is 80.4 Å². The number of fused-ring (bicyclic) bond motifs is 8. The maximum absolute atomic E-state index is 10.1. The third-order valence-corrected chi connectivity index (χ3v) is 11.8. The van der Waals surface area contributed by atoms with E-state index >= 15 is 0 Å². The zero-order valence-electron chi connectivity index (χ0n) is 39.4. The third kappa shape index (κ3) is 12.1. The second kappa shape index (κ2) is 25.1. The van der Waals surface area contributed by atoms with Gasteiger partial charge in [-0.15, -0.1) is 47.5 Å². The quantitative estimate of drug-likeness (QED) is 0.0780. The van der Waals surface area contributed by atoms with Crippen molar-refractivity contribution in [2.75, 3.05) is 53.9 Å². The number of carboxylic acids is 1. The van der Waals surface area contributed by atoms with Crippen LogP contribution in [0, 0.1) is 12.1 Å². The molecule has 1 radical (unpaired) electrons. The van der Waals surface area contributed by atoms with E-state index in [1.807, 2.05) is 36.4 Å². The van der Waals surface area contributed by atoms with E-state index in [1.165, 1.54) is 44.8 Å². The minimum atomic E-state index is -0.990. The Morgan fingerprint density at radius 3 is 1.41 bits per heavy atom. The van der Waals surface area contributed by atoms with Gasteiger partial charge >= 0.3 is 5.97 Å². The molecule has 12 nitrogen and oxygen atoms in total. The Morgan fingerprint density at radius 2 is 0.972 bits per heavy atom. The number of aromatic carboxylic acids is 1. The Morgan fingerprint density at radius 1 is 0.521 bits per heavy atom. The van der Waals surface area contributed by atoms with Crippen molar-refractivity contribution in [2.45, 2.75) is 13.1 Å². The molecule has 0 aliphatic rings. The van der Waals surface area contributed by atoms with E-state index in [0.717, 1.165) is 68.4 Å². The molecule has 0 bridgehead atoms. The minimum Gasteiger partial charge on any atom is -0.477 e. The number of hydrogen-bond donors (Lipinski definition) is 1. The largest absolute Gasteiger partial charge is 0.477 e. The first-order chi connectivity index (χ1) is 34.0. The number of pyridine rings is 3. The standard InChI is InChI=1S/2C26H23N2O2.C6H5NO2.Ir.H2O/c2*1-29-16-17-30-15-14-28-25-9-5-3-7-21(25)22-18-20(11-13-26(22)28)24-12-10-19-6-2-4-8-23(19)27-24;8-6(9)5-3-1-2-4-7-5;;/h2*2-10,12-13,18H,14-17H2,1H3;1-4H,(H,8,9);;1H2/q2*-1;;;. The molecular formula is C58H53IrN5O7-2. The fourth-order valence-corrected chi connectivity index (χ4v) is 8.48. The number of carbonyl (C=O) groups is 1. The van der Waals surface area contributed by atoms with Gasteiger partial charge in [0.2, 0.25) is 0 Å². The Hall–Kier alpha value is -7.19. The van der Waals surface area contributed by atoms with Gasteiger partial charge in [0.05, 0.1) is 50.7 Å². The fraction of sp³-hybridized carbons (Fsp3) is 0.172. The first-order valence-electron chi connectivity index (χ1n) is 22.9. The Balaban J connectivity index is 0.000000174. The molecule has 0 saturated carbocycles. The summed E-state index contributed by atoms with van der Waals surface area (Å²) in [6, 6.07) is 62.0. The van der Waals surface area contributed by atoms with Crippen LogP contribution in [0.15, 0.2) is 170 Å². The summed E-state index contributed by atoms with van der Waals surface area (Å²) >= 11 is 0. The molecule has 0 atom stereocenters. The molecule has 5 heterocycles. The van der Waals surface area contributed by atoms with Crippen molar-refractivity contribution < 1.29 is 54.4 Å². The average molecular weight is 1120 g/mol. The Labute approximate surface area is 425 Å². The van der Waals surface area contributed by atoms with Crippen LogP contribution in [0.1, 0.15) is 10.5 Å². The van der Waals surface area contributed by atoms with Crippen LogP contribution < -0.4 is 0 Å². The zero-order chi connectivity index (χ0) is 47.4. The van der Waals surface area contributed by atoms with Gasteiger partial charge in [0, 0.05) is 64.6 Å². The number of rotatable bonds is 15. The summed E-state index contributed by atoms with van der Waals surface area (Å²) in [5.41, 5.74) is 10.7. The minimum absolute atomic E-state index is 0. The first kappa shape index (κ1) is 51.7. The number of benzene rings is 6. The van der Waals surface area contributed by atoms with Gasteiger partial charge in [-0.2, -0.15) is 0 Å². The number of para-hydroxylation sites is 4. The number of carboxylic acid groups (broad SMARTS) is 1. The van der Waals surface area contributed by atoms with Crippen LogP contribution in [-0.2, 0) is 52.1 Å². The summed E-state index contributed by atoms with van der Waals surface area (Å²) in [6.45, 7) is 5.31. The van der Waals surface area contributed by atoms with Crippen LogP contribution in [0.25, 0.3) is 87.9 Å². The Bertz CT molecular complexity index is 3300. The summed E-state index contributed by atoms with van der Waals surface area (Å²) in [5.74, 6) is -0.990. The molecule has 0 aliphatic heterocycles. The van der Waals surface area contributed by atoms with Crippen LogP contribution in [0.3, 0.4) is 0 Å². The van der Waals surface area contributed by atoms with E-state index in [0.29, 0.717) is 39.6 Å². The van der Waals surface area contributed by atoms with Crippen LogP contribution in [0.5, 0.6) is 0 Å². The molecule has 0 saturated heterocycles. The van der Waals surface area contributed by atoms with Crippen molar-refractivity contribution in [2.24, 2.45) is 0 Å². The van der Waals surface area contributed by atoms with E-state index < -0.39 is 5.97 Å². The molecule has 13 heteroatoms. The molecule has 363 valence electrons. The summed E-state index contributed by atoms with van der Waals surface area (Å²) < 4.78 is 26.2. The zero-order valence-corrected chi connectivity index (χ0v) is 41.8. The molecule has 6 aromatic carbocycles. The number of methoxy groups -OCH3 is 2. The van der Waals surface area contributed by atoms with Crippen molar-refractivity contribution >= 4 is 71.4 Å². The van der Waals surface area contributed by atoms with Gasteiger partial charge in [-0.3, -0.25) is 9.97 Å². The average Bonchev–Trinajstić information content (AvgIpc) is 3.89. The van der Waals surface area contributed by atoms with Crippen LogP contribution in [-0.4, -0.2) is 94.5 Å². The van der Waals surface area contributed by atoms with Gasteiger partial charge in [-0.25, -0.2) is 9.78 Å². The van der Waals surface area contributed by atoms with E-state index in [4.69, 9.17) is 34.0 Å². The molecule has 3 N–H and O–H groups in total. The van der Waals surface area contributed by atoms with E-state index in [1.54, 1.807) is 26.4 Å². The normalized spacial score (nSPS) is 11.0. The van der Waals surface area contributed by atoms with Gasteiger partial charge in [0.1, 0.15) is 5.69 Å². The molecule has 0 amide bonds. The van der Waals surface area contributed by atoms with E-state index in [-0.39, 0.29) is 31.3 Å². The van der Waals surface area contributed by atoms with Crippen molar-refractivity contribution in [1.82, 2.24) is 24.1 Å². The third-order valence-electron chi connectivity index (χ3n) is 11.8. The number of nitrogens with zero attached hydrogens (tertiary/aromatic N) is 5. The molecule has 71 heavy (non-hydrogen) atoms. The smallest absolute Gasteiger partial charge is 0.354 e. The molecular weight excluding hydrogens is 1070 g/mol. The monoisotopic (exact) mass is 1120 g/mol. The van der Waals surface area contributed by atoms with Crippen molar-refractivity contribution in [3.8, 4) is 22.5 Å². The molecule has 0 aliphatic carbocycles. The maximum atomic E-state index is 10.1. The molecule has 11 aromatic rings. The molecule has 5 aromatic heterocycles. The predicted molar refractivity (Wildman–Crippen MR) is 278 cm³/mol. The molecule has 11 rings (SSSR count). The molecule has 0 spiro atoms. The Kier molecular flexibility index (Phi) is 18.2. The van der Waals surface area contributed by atoms with Crippen LogP contribution in [0.2, 0.25) is 0 Å². The van der Waals surface area contributed by atoms with Crippen LogP contribution >= 0.6 is 0 Å². The van der Waals surface area contributed by atoms with Crippen molar-refractivity contribution in [3.05, 3.63) is 188 Å². The van der Waals surface area contributed by atoms with E-state index in [2.05, 4.69) is 135 Å². The van der Waals surface area contributed by atoms with Crippen LogP contribution in [0.4, 0.5) is 0 Å². The van der Waals surface area contributed by atoms with E-state index in [9.17, 15) is 4.79 Å². The number of hydrogen-bond acceptors (Lipinski definition) is 8. The molecule has 0 unspecified atom stereocenters. The summed E-state index contributed by atoms with van der Waals surface area (Å²) in [7, 11) is 3.38. The SMILES string of the molecule is COCCOCCn1c2c[c-]c(-c3ccc4ccccc4n3)cc2c2ccccc21.COCCOCCn1c2c[c-]c(-c3ccc4ccccc4n3)cc2c2ccccc21.O.O=C(O)c1ccccn1.[Ir]. The molecule has 0 fully saturated rings. The maximum Gasteiger partial charge on any atom is 0.354 e. The summed E-state index contributed by atoms with van der Waals surface area (Å²) in [5, 5.41) is 15.5. The first-order valence-corrected chi connectivity index (χ1v) is 22.9. The summed E-state index contributed by atoms with van der Waals surface area (Å²) in [4.78, 5) is 23.4. The number of ether oxygens (including phenoxy) is 4. The second-order valence-electron chi connectivity index (χ2n) is 16.1. The van der Waals surface area contributed by atoms with Gasteiger partial charge in [0.25, 0.3) is 0 Å².